The summed E-state index contributed by atoms with van der Waals surface area (Å²) in [5.41, 5.74) is 3.54. The van der Waals surface area contributed by atoms with Crippen molar-refractivity contribution in [2.24, 2.45) is 4.99 Å². The molecule has 32 heavy (non-hydrogen) atoms. The Morgan fingerprint density at radius 3 is 2.69 bits per heavy atom. The molecule has 0 spiro atoms. The maximum absolute atomic E-state index is 12.0. The monoisotopic (exact) mass is 567 g/mol. The molecule has 0 radical (unpaired) electrons. The van der Waals surface area contributed by atoms with Crippen molar-refractivity contribution in [1.82, 2.24) is 15.5 Å². The molecule has 1 atom stereocenters. The second kappa shape index (κ2) is 11.7. The lowest BCUT2D eigenvalue weighted by molar-refractivity contribution is -0.128. The third kappa shape index (κ3) is 6.28. The Bertz CT molecular complexity index is 953. The van der Waals surface area contributed by atoms with Gasteiger partial charge in [0.15, 0.2) is 5.96 Å². The molecule has 172 valence electrons. The summed E-state index contributed by atoms with van der Waals surface area (Å²) in [5, 5.41) is 7.76. The molecule has 2 heterocycles. The quantitative estimate of drug-likeness (QED) is 0.315. The number of halogens is 2. The largest absolute Gasteiger partial charge is 0.369 e. The van der Waals surface area contributed by atoms with Crippen LogP contribution in [0.3, 0.4) is 0 Å². The molecule has 1 amide bonds. The zero-order valence-electron chi connectivity index (χ0n) is 18.4. The SMILES string of the molecule is CN=C(NCc1ccccc1CN1CCCC1=O)NC1CCN(c2cccc(Cl)c2)C1.I. The molecule has 0 saturated carbocycles. The summed E-state index contributed by atoms with van der Waals surface area (Å²) in [4.78, 5) is 20.7. The van der Waals surface area contributed by atoms with Crippen LogP contribution in [0.4, 0.5) is 5.69 Å². The molecule has 2 fully saturated rings. The number of benzene rings is 2. The second-order valence-electron chi connectivity index (χ2n) is 8.17. The van der Waals surface area contributed by atoms with E-state index in [1.807, 2.05) is 35.2 Å². The Morgan fingerprint density at radius 1 is 1.16 bits per heavy atom. The van der Waals surface area contributed by atoms with Crippen molar-refractivity contribution in [3.05, 3.63) is 64.7 Å². The number of rotatable bonds is 6. The zero-order chi connectivity index (χ0) is 21.6. The van der Waals surface area contributed by atoms with Crippen LogP contribution in [0.15, 0.2) is 53.5 Å². The minimum Gasteiger partial charge on any atom is -0.369 e. The number of nitrogens with zero attached hydrogens (tertiary/aromatic N) is 3. The number of carbonyl (C=O) groups excluding carboxylic acids is 1. The van der Waals surface area contributed by atoms with Gasteiger partial charge in [0.05, 0.1) is 0 Å². The van der Waals surface area contributed by atoms with Gasteiger partial charge in [-0.1, -0.05) is 41.9 Å². The molecular weight excluding hydrogens is 537 g/mol. The molecule has 2 N–H and O–H groups in total. The Kier molecular flexibility index (Phi) is 9.04. The molecular formula is C24H31ClIN5O. The first-order valence-electron chi connectivity index (χ1n) is 10.9. The van der Waals surface area contributed by atoms with E-state index < -0.39 is 0 Å². The first-order chi connectivity index (χ1) is 15.1. The summed E-state index contributed by atoms with van der Waals surface area (Å²) in [6, 6.07) is 16.6. The van der Waals surface area contributed by atoms with Crippen molar-refractivity contribution in [2.75, 3.05) is 31.6 Å². The van der Waals surface area contributed by atoms with Crippen molar-refractivity contribution in [2.45, 2.75) is 38.4 Å². The van der Waals surface area contributed by atoms with Crippen LogP contribution >= 0.6 is 35.6 Å². The van der Waals surface area contributed by atoms with Gasteiger partial charge in [0.2, 0.25) is 5.91 Å². The second-order valence-corrected chi connectivity index (χ2v) is 8.61. The fraction of sp³-hybridized carbons (Fsp3) is 0.417. The maximum atomic E-state index is 12.0. The first kappa shape index (κ1) is 24.6. The molecule has 4 rings (SSSR count). The highest BCUT2D eigenvalue weighted by Gasteiger charge is 2.24. The summed E-state index contributed by atoms with van der Waals surface area (Å²) in [5.74, 6) is 1.05. The topological polar surface area (TPSA) is 60.0 Å². The smallest absolute Gasteiger partial charge is 0.222 e. The first-order valence-corrected chi connectivity index (χ1v) is 11.3. The van der Waals surface area contributed by atoms with E-state index in [0.717, 1.165) is 49.1 Å². The lowest BCUT2D eigenvalue weighted by Gasteiger charge is -2.21. The highest BCUT2D eigenvalue weighted by Crippen LogP contribution is 2.23. The fourth-order valence-corrected chi connectivity index (χ4v) is 4.50. The van der Waals surface area contributed by atoms with Crippen molar-refractivity contribution >= 4 is 53.1 Å². The van der Waals surface area contributed by atoms with Crippen LogP contribution in [0.5, 0.6) is 0 Å². The summed E-state index contributed by atoms with van der Waals surface area (Å²) < 4.78 is 0. The fourth-order valence-electron chi connectivity index (χ4n) is 4.31. The number of nitrogens with one attached hydrogen (secondary N) is 2. The van der Waals surface area contributed by atoms with Gasteiger partial charge in [-0.05, 0) is 42.2 Å². The minimum atomic E-state index is 0. The van der Waals surface area contributed by atoms with Crippen LogP contribution in [0.2, 0.25) is 5.02 Å². The highest BCUT2D eigenvalue weighted by atomic mass is 127. The lowest BCUT2D eigenvalue weighted by Crippen LogP contribution is -2.44. The van der Waals surface area contributed by atoms with Crippen LogP contribution in [-0.4, -0.2) is 49.5 Å². The van der Waals surface area contributed by atoms with Gasteiger partial charge in [-0.15, -0.1) is 24.0 Å². The zero-order valence-corrected chi connectivity index (χ0v) is 21.5. The van der Waals surface area contributed by atoms with Crippen molar-refractivity contribution < 1.29 is 4.79 Å². The van der Waals surface area contributed by atoms with Crippen LogP contribution in [0.25, 0.3) is 0 Å². The molecule has 2 saturated heterocycles. The number of guanidine groups is 1. The number of hydrogen-bond donors (Lipinski definition) is 2. The molecule has 2 aromatic rings. The molecule has 1 unspecified atom stereocenters. The van der Waals surface area contributed by atoms with Crippen LogP contribution in [-0.2, 0) is 17.9 Å². The van der Waals surface area contributed by atoms with Gasteiger partial charge in [0.1, 0.15) is 0 Å². The van der Waals surface area contributed by atoms with Gasteiger partial charge in [-0.2, -0.15) is 0 Å². The van der Waals surface area contributed by atoms with E-state index in [9.17, 15) is 4.79 Å². The predicted octanol–water partition coefficient (Wildman–Crippen LogP) is 4.02. The standard InChI is InChI=1S/C24H30ClN5O.HI/c1-26-24(28-21-11-13-29(17-21)22-9-4-8-20(25)14-22)27-15-18-6-2-3-7-19(18)16-30-12-5-10-23(30)31;/h2-4,6-9,14,21H,5,10-13,15-17H2,1H3,(H2,26,27,28);1H. The number of anilines is 1. The Labute approximate surface area is 212 Å². The van der Waals surface area contributed by atoms with E-state index in [2.05, 4.69) is 38.7 Å². The summed E-state index contributed by atoms with van der Waals surface area (Å²) >= 11 is 6.15. The maximum Gasteiger partial charge on any atom is 0.222 e. The third-order valence-electron chi connectivity index (χ3n) is 6.02. The molecule has 0 bridgehead atoms. The molecule has 0 aliphatic carbocycles. The Morgan fingerprint density at radius 2 is 1.97 bits per heavy atom. The normalized spacial score (nSPS) is 18.6. The Balaban J connectivity index is 0.00000289. The molecule has 2 aliphatic heterocycles. The van der Waals surface area contributed by atoms with Crippen LogP contribution < -0.4 is 15.5 Å². The van der Waals surface area contributed by atoms with E-state index in [1.54, 1.807) is 7.05 Å². The van der Waals surface area contributed by atoms with E-state index in [4.69, 9.17) is 11.6 Å². The lowest BCUT2D eigenvalue weighted by atomic mass is 10.1. The van der Waals surface area contributed by atoms with E-state index >= 15 is 0 Å². The number of hydrogen-bond acceptors (Lipinski definition) is 3. The molecule has 6 nitrogen and oxygen atoms in total. The van der Waals surface area contributed by atoms with E-state index in [-0.39, 0.29) is 29.9 Å². The van der Waals surface area contributed by atoms with Crippen LogP contribution in [0, 0.1) is 0 Å². The summed E-state index contributed by atoms with van der Waals surface area (Å²) in [6.07, 6.45) is 2.68. The van der Waals surface area contributed by atoms with Gasteiger partial charge in [-0.25, -0.2) is 0 Å². The van der Waals surface area contributed by atoms with Crippen molar-refractivity contribution in [3.8, 4) is 0 Å². The van der Waals surface area contributed by atoms with Crippen molar-refractivity contribution in [3.63, 3.8) is 0 Å². The van der Waals surface area contributed by atoms with Crippen molar-refractivity contribution in [1.29, 1.82) is 0 Å². The summed E-state index contributed by atoms with van der Waals surface area (Å²) in [6.45, 7) is 4.10. The summed E-state index contributed by atoms with van der Waals surface area (Å²) in [7, 11) is 1.80. The highest BCUT2D eigenvalue weighted by molar-refractivity contribution is 14.0. The van der Waals surface area contributed by atoms with Gasteiger partial charge in [0, 0.05) is 62.9 Å². The molecule has 2 aliphatic rings. The molecule has 8 heteroatoms. The van der Waals surface area contributed by atoms with E-state index in [0.29, 0.717) is 25.6 Å². The minimum absolute atomic E-state index is 0. The number of carbonyl (C=O) groups is 1. The average molecular weight is 568 g/mol. The number of aliphatic imine (C=N–C) groups is 1. The molecule has 0 aromatic heterocycles. The van der Waals surface area contributed by atoms with Gasteiger partial charge in [-0.3, -0.25) is 9.79 Å². The number of amides is 1. The third-order valence-corrected chi connectivity index (χ3v) is 6.26. The van der Waals surface area contributed by atoms with Gasteiger partial charge in [0.25, 0.3) is 0 Å². The number of likely N-dealkylation sites (tertiary alicyclic amines) is 1. The predicted molar refractivity (Wildman–Crippen MR) is 142 cm³/mol. The Hall–Kier alpha value is -2.00. The van der Waals surface area contributed by atoms with Gasteiger partial charge < -0.3 is 20.4 Å². The molecule has 2 aromatic carbocycles. The van der Waals surface area contributed by atoms with E-state index in [1.165, 1.54) is 11.1 Å². The average Bonchev–Trinajstić information content (AvgIpc) is 3.41. The van der Waals surface area contributed by atoms with Gasteiger partial charge >= 0.3 is 0 Å². The van der Waals surface area contributed by atoms with Crippen LogP contribution in [0.1, 0.15) is 30.4 Å².